The molecule has 2 aromatic rings. The molecule has 1 aromatic carbocycles. The van der Waals surface area contributed by atoms with Gasteiger partial charge in [0.15, 0.2) is 0 Å². The predicted octanol–water partition coefficient (Wildman–Crippen LogP) is 2.98. The molecular weight excluding hydrogens is 289 g/mol. The van der Waals surface area contributed by atoms with Gasteiger partial charge in [0.25, 0.3) is 0 Å². The minimum absolute atomic E-state index is 0. The van der Waals surface area contributed by atoms with Crippen LogP contribution in [0, 0.1) is 5.82 Å². The van der Waals surface area contributed by atoms with Crippen molar-refractivity contribution in [2.45, 2.75) is 25.4 Å². The van der Waals surface area contributed by atoms with Gasteiger partial charge in [-0.05, 0) is 56.7 Å². The largest absolute Gasteiger partial charge is 0.317 e. The highest BCUT2D eigenvalue weighted by Gasteiger charge is 2.18. The van der Waals surface area contributed by atoms with E-state index in [1.165, 1.54) is 0 Å². The van der Waals surface area contributed by atoms with Crippen molar-refractivity contribution in [1.29, 1.82) is 0 Å². The standard InChI is InChI=1S/C16H20FN3.ClH/c1-20(15-4-7-18-8-5-15)11-13-10-14(17)9-12-3-2-6-19-16(12)13;/h2-3,6,9-10,15,18H,4-5,7-8,11H2,1H3;1H. The average Bonchev–Trinajstić information content (AvgIpc) is 2.48. The third kappa shape index (κ3) is 3.70. The quantitative estimate of drug-likeness (QED) is 0.945. The highest BCUT2D eigenvalue weighted by Crippen LogP contribution is 2.21. The van der Waals surface area contributed by atoms with Crippen LogP contribution in [0.1, 0.15) is 18.4 Å². The van der Waals surface area contributed by atoms with E-state index in [1.807, 2.05) is 12.1 Å². The molecule has 1 aliphatic heterocycles. The zero-order valence-electron chi connectivity index (χ0n) is 12.2. The second kappa shape index (κ2) is 7.16. The SMILES string of the molecule is CN(Cc1cc(F)cc2cccnc12)C1CCNCC1.Cl. The number of benzene rings is 1. The second-order valence-corrected chi connectivity index (χ2v) is 5.54. The Morgan fingerprint density at radius 1 is 1.33 bits per heavy atom. The average molecular weight is 310 g/mol. The Kier molecular flexibility index (Phi) is 5.51. The Hall–Kier alpha value is -1.23. The Bertz CT molecular complexity index is 599. The Morgan fingerprint density at radius 2 is 2.10 bits per heavy atom. The van der Waals surface area contributed by atoms with Gasteiger partial charge in [-0.3, -0.25) is 9.88 Å². The molecule has 0 saturated carbocycles. The molecule has 3 nitrogen and oxygen atoms in total. The third-order valence-electron chi connectivity index (χ3n) is 4.10. The zero-order chi connectivity index (χ0) is 13.9. The van der Waals surface area contributed by atoms with Crippen LogP contribution in [-0.4, -0.2) is 36.1 Å². The molecule has 5 heteroatoms. The number of hydrogen-bond acceptors (Lipinski definition) is 3. The van der Waals surface area contributed by atoms with Gasteiger partial charge >= 0.3 is 0 Å². The highest BCUT2D eigenvalue weighted by molar-refractivity contribution is 5.85. The first-order valence-corrected chi connectivity index (χ1v) is 7.18. The predicted molar refractivity (Wildman–Crippen MR) is 86.3 cm³/mol. The fraction of sp³-hybridized carbons (Fsp3) is 0.438. The van der Waals surface area contributed by atoms with Crippen LogP contribution in [0.15, 0.2) is 30.5 Å². The number of piperidine rings is 1. The topological polar surface area (TPSA) is 28.2 Å². The van der Waals surface area contributed by atoms with E-state index in [0.29, 0.717) is 6.04 Å². The lowest BCUT2D eigenvalue weighted by molar-refractivity contribution is 0.192. The molecule has 21 heavy (non-hydrogen) atoms. The molecule has 0 aliphatic carbocycles. The molecule has 0 atom stereocenters. The van der Waals surface area contributed by atoms with E-state index in [-0.39, 0.29) is 18.2 Å². The molecule has 2 heterocycles. The molecule has 1 aromatic heterocycles. The number of aromatic nitrogens is 1. The Labute approximate surface area is 131 Å². The molecule has 0 unspecified atom stereocenters. The molecule has 0 bridgehead atoms. The molecule has 3 rings (SSSR count). The summed E-state index contributed by atoms with van der Waals surface area (Å²) in [5, 5.41) is 4.25. The van der Waals surface area contributed by atoms with E-state index < -0.39 is 0 Å². The molecule has 114 valence electrons. The summed E-state index contributed by atoms with van der Waals surface area (Å²) >= 11 is 0. The molecule has 0 amide bonds. The van der Waals surface area contributed by atoms with E-state index in [9.17, 15) is 4.39 Å². The maximum Gasteiger partial charge on any atom is 0.124 e. The van der Waals surface area contributed by atoms with E-state index in [4.69, 9.17) is 0 Å². The van der Waals surface area contributed by atoms with E-state index in [0.717, 1.165) is 48.9 Å². The number of halogens is 2. The van der Waals surface area contributed by atoms with Crippen molar-refractivity contribution in [3.63, 3.8) is 0 Å². The monoisotopic (exact) mass is 309 g/mol. The minimum Gasteiger partial charge on any atom is -0.317 e. The van der Waals surface area contributed by atoms with E-state index >= 15 is 0 Å². The summed E-state index contributed by atoms with van der Waals surface area (Å²) < 4.78 is 13.7. The smallest absolute Gasteiger partial charge is 0.124 e. The van der Waals surface area contributed by atoms with Crippen LogP contribution in [0.5, 0.6) is 0 Å². The van der Waals surface area contributed by atoms with Gasteiger partial charge < -0.3 is 5.32 Å². The van der Waals surface area contributed by atoms with Crippen LogP contribution in [0.25, 0.3) is 10.9 Å². The first-order valence-electron chi connectivity index (χ1n) is 7.18. The van der Waals surface area contributed by atoms with Crippen molar-refractivity contribution in [2.75, 3.05) is 20.1 Å². The van der Waals surface area contributed by atoms with E-state index in [2.05, 4.69) is 22.2 Å². The molecule has 1 aliphatic rings. The molecule has 1 saturated heterocycles. The number of fused-ring (bicyclic) bond motifs is 1. The number of pyridine rings is 1. The van der Waals surface area contributed by atoms with Crippen molar-refractivity contribution in [1.82, 2.24) is 15.2 Å². The highest BCUT2D eigenvalue weighted by atomic mass is 35.5. The molecule has 1 N–H and O–H groups in total. The fourth-order valence-electron chi connectivity index (χ4n) is 2.99. The van der Waals surface area contributed by atoms with Crippen LogP contribution >= 0.6 is 12.4 Å². The zero-order valence-corrected chi connectivity index (χ0v) is 13.0. The first-order chi connectivity index (χ1) is 9.74. The van der Waals surface area contributed by atoms with Gasteiger partial charge in [0.05, 0.1) is 5.52 Å². The molecule has 1 fully saturated rings. The van der Waals surface area contributed by atoms with Gasteiger partial charge in [0, 0.05) is 24.2 Å². The number of rotatable bonds is 3. The van der Waals surface area contributed by atoms with Crippen LogP contribution < -0.4 is 5.32 Å². The summed E-state index contributed by atoms with van der Waals surface area (Å²) in [6.45, 7) is 2.88. The summed E-state index contributed by atoms with van der Waals surface area (Å²) in [5.74, 6) is -0.181. The van der Waals surface area contributed by atoms with Crippen molar-refractivity contribution < 1.29 is 4.39 Å². The van der Waals surface area contributed by atoms with Crippen molar-refractivity contribution in [2.24, 2.45) is 0 Å². The minimum atomic E-state index is -0.181. The molecule has 0 radical (unpaired) electrons. The second-order valence-electron chi connectivity index (χ2n) is 5.54. The van der Waals surface area contributed by atoms with Crippen molar-refractivity contribution in [3.8, 4) is 0 Å². The van der Waals surface area contributed by atoms with Gasteiger partial charge in [-0.2, -0.15) is 0 Å². The number of nitrogens with one attached hydrogen (secondary N) is 1. The van der Waals surface area contributed by atoms with Gasteiger partial charge in [-0.25, -0.2) is 4.39 Å². The summed E-state index contributed by atoms with van der Waals surface area (Å²) in [7, 11) is 2.12. The lowest BCUT2D eigenvalue weighted by Crippen LogP contribution is -2.40. The summed E-state index contributed by atoms with van der Waals surface area (Å²) in [4.78, 5) is 6.74. The van der Waals surface area contributed by atoms with Crippen LogP contribution in [-0.2, 0) is 6.54 Å². The lowest BCUT2D eigenvalue weighted by atomic mass is 10.0. The molecule has 0 spiro atoms. The summed E-state index contributed by atoms with van der Waals surface area (Å²) in [6, 6.07) is 7.50. The number of nitrogens with zero attached hydrogens (tertiary/aromatic N) is 2. The first kappa shape index (κ1) is 16.1. The van der Waals surface area contributed by atoms with Crippen molar-refractivity contribution >= 4 is 23.3 Å². The number of hydrogen-bond donors (Lipinski definition) is 1. The van der Waals surface area contributed by atoms with Gasteiger partial charge in [-0.1, -0.05) is 6.07 Å². The third-order valence-corrected chi connectivity index (χ3v) is 4.10. The molecular formula is C16H21ClFN3. The Balaban J connectivity index is 0.00000161. The fourth-order valence-corrected chi connectivity index (χ4v) is 2.99. The normalized spacial score (nSPS) is 16.1. The van der Waals surface area contributed by atoms with Crippen LogP contribution in [0.2, 0.25) is 0 Å². The Morgan fingerprint density at radius 3 is 2.86 bits per heavy atom. The maximum atomic E-state index is 13.7. The van der Waals surface area contributed by atoms with Gasteiger partial charge in [0.2, 0.25) is 0 Å². The summed E-state index contributed by atoms with van der Waals surface area (Å²) in [6.07, 6.45) is 4.07. The van der Waals surface area contributed by atoms with Crippen molar-refractivity contribution in [3.05, 3.63) is 41.8 Å². The lowest BCUT2D eigenvalue weighted by Gasteiger charge is -2.31. The van der Waals surface area contributed by atoms with Crippen LogP contribution in [0.3, 0.4) is 0 Å². The van der Waals surface area contributed by atoms with Gasteiger partial charge in [-0.15, -0.1) is 12.4 Å². The van der Waals surface area contributed by atoms with Crippen LogP contribution in [0.4, 0.5) is 4.39 Å². The maximum absolute atomic E-state index is 13.7. The van der Waals surface area contributed by atoms with Gasteiger partial charge in [0.1, 0.15) is 5.82 Å². The van der Waals surface area contributed by atoms with E-state index in [1.54, 1.807) is 18.3 Å². The summed E-state index contributed by atoms with van der Waals surface area (Å²) in [5.41, 5.74) is 1.89.